The third-order valence-corrected chi connectivity index (χ3v) is 5.08. The highest BCUT2D eigenvalue weighted by Crippen LogP contribution is 2.25. The predicted molar refractivity (Wildman–Crippen MR) is 135 cm³/mol. The van der Waals surface area contributed by atoms with Gasteiger partial charge in [0.05, 0.1) is 6.61 Å². The first-order chi connectivity index (χ1) is 16.5. The van der Waals surface area contributed by atoms with Crippen molar-refractivity contribution < 1.29 is 24.2 Å². The molecule has 35 heavy (non-hydrogen) atoms. The molecule has 3 amide bonds. The van der Waals surface area contributed by atoms with E-state index >= 15 is 0 Å². The number of amides is 3. The molecule has 0 fully saturated rings. The maximum Gasteiger partial charge on any atom is 0.408 e. The molecule has 0 saturated carbocycles. The summed E-state index contributed by atoms with van der Waals surface area (Å²) in [6.07, 6.45) is 4.70. The highest BCUT2D eigenvalue weighted by Gasteiger charge is 2.34. The van der Waals surface area contributed by atoms with E-state index in [1.54, 1.807) is 57.2 Å². The van der Waals surface area contributed by atoms with Gasteiger partial charge in [0.1, 0.15) is 17.7 Å². The molecule has 0 radical (unpaired) electrons. The van der Waals surface area contributed by atoms with E-state index in [0.717, 1.165) is 5.56 Å². The molecule has 2 aromatic carbocycles. The van der Waals surface area contributed by atoms with Crippen LogP contribution in [-0.2, 0) is 14.3 Å². The van der Waals surface area contributed by atoms with E-state index in [1.165, 1.54) is 11.8 Å². The average molecular weight is 480 g/mol. The first-order valence-electron chi connectivity index (χ1n) is 11.3. The van der Waals surface area contributed by atoms with Crippen molar-refractivity contribution in [2.24, 2.45) is 0 Å². The summed E-state index contributed by atoms with van der Waals surface area (Å²) in [5, 5.41) is 15.1. The van der Waals surface area contributed by atoms with Crippen LogP contribution in [0.5, 0.6) is 0 Å². The highest BCUT2D eigenvalue weighted by molar-refractivity contribution is 5.99. The van der Waals surface area contributed by atoms with Gasteiger partial charge in [0.25, 0.3) is 5.91 Å². The van der Waals surface area contributed by atoms with Crippen LogP contribution in [0, 0.1) is 19.3 Å². The number of carbonyl (C=O) groups excluding carboxylic acids is 3. The van der Waals surface area contributed by atoms with Crippen LogP contribution in [0.1, 0.15) is 50.4 Å². The molecular formula is C27H33N3O5. The molecule has 2 rings (SSSR count). The number of benzene rings is 2. The molecule has 2 atom stereocenters. The van der Waals surface area contributed by atoms with Crippen molar-refractivity contribution in [3.05, 3.63) is 65.2 Å². The lowest BCUT2D eigenvalue weighted by Crippen LogP contribution is -2.52. The third kappa shape index (κ3) is 7.87. The Morgan fingerprint density at radius 3 is 2.29 bits per heavy atom. The number of hydrogen-bond acceptors (Lipinski definition) is 5. The fourth-order valence-corrected chi connectivity index (χ4v) is 3.42. The number of aliphatic hydroxyl groups is 1. The highest BCUT2D eigenvalue weighted by atomic mass is 16.6. The van der Waals surface area contributed by atoms with Gasteiger partial charge in [0, 0.05) is 17.8 Å². The summed E-state index contributed by atoms with van der Waals surface area (Å²) in [4.78, 5) is 40.4. The van der Waals surface area contributed by atoms with Crippen molar-refractivity contribution in [3.8, 4) is 12.3 Å². The van der Waals surface area contributed by atoms with Gasteiger partial charge in [-0.1, -0.05) is 36.3 Å². The molecule has 8 heteroatoms. The van der Waals surface area contributed by atoms with E-state index in [-0.39, 0.29) is 13.2 Å². The largest absolute Gasteiger partial charge is 0.444 e. The number of carbonyl (C=O) groups is 3. The Hall–Kier alpha value is -3.83. The molecule has 0 aliphatic carbocycles. The summed E-state index contributed by atoms with van der Waals surface area (Å²) in [5.74, 6) is 1.49. The van der Waals surface area contributed by atoms with Crippen LogP contribution in [0.4, 0.5) is 10.5 Å². The zero-order valence-corrected chi connectivity index (χ0v) is 20.8. The second-order valence-corrected chi connectivity index (χ2v) is 9.10. The monoisotopic (exact) mass is 479 g/mol. The Kier molecular flexibility index (Phi) is 9.43. The standard InChI is InChI=1S/C27H33N3O5/c1-7-20-12-14-21(15-13-20)23(24(32)29-22-11-9-8-10-18(22)2)30(16-17-31)25(33)19(3)28-26(34)35-27(4,5)6/h1,8-15,19,23,31H,16-17H2,2-6H3,(H,28,34)(H,29,32). The van der Waals surface area contributed by atoms with Crippen molar-refractivity contribution in [3.63, 3.8) is 0 Å². The minimum absolute atomic E-state index is 0.137. The molecule has 0 aliphatic rings. The molecular weight excluding hydrogens is 446 g/mol. The summed E-state index contributed by atoms with van der Waals surface area (Å²) >= 11 is 0. The van der Waals surface area contributed by atoms with Crippen molar-refractivity contribution in [2.45, 2.75) is 52.3 Å². The first-order valence-corrected chi connectivity index (χ1v) is 11.3. The molecule has 0 aromatic heterocycles. The van der Waals surface area contributed by atoms with E-state index in [1.807, 2.05) is 19.1 Å². The Morgan fingerprint density at radius 2 is 1.74 bits per heavy atom. The molecule has 0 aliphatic heterocycles. The number of para-hydroxylation sites is 1. The van der Waals surface area contributed by atoms with Crippen LogP contribution in [0.3, 0.4) is 0 Å². The quantitative estimate of drug-likeness (QED) is 0.503. The van der Waals surface area contributed by atoms with E-state index in [9.17, 15) is 19.5 Å². The lowest BCUT2D eigenvalue weighted by molar-refractivity contribution is -0.141. The number of nitrogens with one attached hydrogen (secondary N) is 2. The number of ether oxygens (including phenoxy) is 1. The first kappa shape index (κ1) is 27.4. The van der Waals surface area contributed by atoms with Crippen LogP contribution in [0.2, 0.25) is 0 Å². The van der Waals surface area contributed by atoms with Crippen LogP contribution in [0.15, 0.2) is 48.5 Å². The van der Waals surface area contributed by atoms with Gasteiger partial charge in [-0.15, -0.1) is 6.42 Å². The van der Waals surface area contributed by atoms with E-state index < -0.39 is 35.6 Å². The van der Waals surface area contributed by atoms with Gasteiger partial charge in [-0.2, -0.15) is 0 Å². The zero-order chi connectivity index (χ0) is 26.2. The number of hydrogen-bond donors (Lipinski definition) is 3. The third-order valence-electron chi connectivity index (χ3n) is 5.08. The van der Waals surface area contributed by atoms with Crippen molar-refractivity contribution in [2.75, 3.05) is 18.5 Å². The van der Waals surface area contributed by atoms with E-state index in [2.05, 4.69) is 16.6 Å². The molecule has 8 nitrogen and oxygen atoms in total. The van der Waals surface area contributed by atoms with Gasteiger partial charge in [-0.05, 0) is 63.9 Å². The Morgan fingerprint density at radius 1 is 1.11 bits per heavy atom. The second kappa shape index (κ2) is 12.0. The summed E-state index contributed by atoms with van der Waals surface area (Å²) in [5.41, 5.74) is 1.82. The molecule has 3 N–H and O–H groups in total. The molecule has 2 aromatic rings. The molecule has 0 spiro atoms. The molecule has 2 unspecified atom stereocenters. The van der Waals surface area contributed by atoms with E-state index in [4.69, 9.17) is 11.2 Å². The number of aryl methyl sites for hydroxylation is 1. The van der Waals surface area contributed by atoms with Gasteiger partial charge < -0.3 is 25.4 Å². The summed E-state index contributed by atoms with van der Waals surface area (Å²) in [7, 11) is 0. The normalized spacial score (nSPS) is 12.6. The van der Waals surface area contributed by atoms with Crippen molar-refractivity contribution in [1.29, 1.82) is 0 Å². The number of aliphatic hydroxyl groups excluding tert-OH is 1. The lowest BCUT2D eigenvalue weighted by atomic mass is 10.0. The second-order valence-electron chi connectivity index (χ2n) is 9.10. The fourth-order valence-electron chi connectivity index (χ4n) is 3.42. The maximum atomic E-state index is 13.5. The van der Waals surface area contributed by atoms with Gasteiger partial charge in [0.15, 0.2) is 0 Å². The van der Waals surface area contributed by atoms with Crippen LogP contribution < -0.4 is 10.6 Å². The Labute approximate surface area is 206 Å². The number of alkyl carbamates (subject to hydrolysis) is 1. The Bertz CT molecular complexity index is 1080. The summed E-state index contributed by atoms with van der Waals surface area (Å²) < 4.78 is 5.24. The van der Waals surface area contributed by atoms with Gasteiger partial charge in [-0.25, -0.2) is 4.79 Å². The average Bonchev–Trinajstić information content (AvgIpc) is 2.79. The molecule has 186 valence electrons. The SMILES string of the molecule is C#Cc1ccc(C(C(=O)Nc2ccccc2C)N(CCO)C(=O)C(C)NC(=O)OC(C)(C)C)cc1. The fraction of sp³-hybridized carbons (Fsp3) is 0.370. The molecule has 0 bridgehead atoms. The van der Waals surface area contributed by atoms with E-state index in [0.29, 0.717) is 16.8 Å². The maximum absolute atomic E-state index is 13.5. The molecule has 0 saturated heterocycles. The van der Waals surface area contributed by atoms with Gasteiger partial charge in [0.2, 0.25) is 5.91 Å². The Balaban J connectivity index is 2.41. The van der Waals surface area contributed by atoms with Crippen LogP contribution >= 0.6 is 0 Å². The van der Waals surface area contributed by atoms with Gasteiger partial charge >= 0.3 is 6.09 Å². The minimum atomic E-state index is -1.09. The van der Waals surface area contributed by atoms with Crippen molar-refractivity contribution >= 4 is 23.6 Å². The number of anilines is 1. The van der Waals surface area contributed by atoms with Crippen molar-refractivity contribution in [1.82, 2.24) is 10.2 Å². The lowest BCUT2D eigenvalue weighted by Gasteiger charge is -2.33. The topological polar surface area (TPSA) is 108 Å². The number of nitrogens with zero attached hydrogens (tertiary/aromatic N) is 1. The predicted octanol–water partition coefficient (Wildman–Crippen LogP) is 3.39. The zero-order valence-electron chi connectivity index (χ0n) is 20.8. The number of rotatable bonds is 8. The summed E-state index contributed by atoms with van der Waals surface area (Å²) in [6, 6.07) is 11.8. The number of terminal acetylenes is 1. The molecule has 0 heterocycles. The van der Waals surface area contributed by atoms with Crippen LogP contribution in [-0.4, -0.2) is 52.7 Å². The smallest absolute Gasteiger partial charge is 0.408 e. The van der Waals surface area contributed by atoms with Gasteiger partial charge in [-0.3, -0.25) is 9.59 Å². The minimum Gasteiger partial charge on any atom is -0.444 e. The summed E-state index contributed by atoms with van der Waals surface area (Å²) in [6.45, 7) is 7.96. The van der Waals surface area contributed by atoms with Crippen LogP contribution in [0.25, 0.3) is 0 Å².